The molecule has 0 aliphatic carbocycles. The summed E-state index contributed by atoms with van der Waals surface area (Å²) in [6.45, 7) is 5.95. The van der Waals surface area contributed by atoms with Gasteiger partial charge in [0.2, 0.25) is 0 Å². The van der Waals surface area contributed by atoms with E-state index in [1.54, 1.807) is 0 Å². The minimum Gasteiger partial charge on any atom is -0.454 e. The van der Waals surface area contributed by atoms with Crippen LogP contribution >= 0.6 is 0 Å². The standard InChI is InChI=1S/C20H28O7/c1-3-8-16(21)27-19-18(25-11-4-2)17(22)15(26-20(19)23)13-24-12-14-9-6-5-7-10-14/h4-7,9-10,15,17-20,22-23H,2-3,8,11-13H2,1H3/t15-,17-,18-,19-,20+/m0/s1. The summed E-state index contributed by atoms with van der Waals surface area (Å²) in [6.07, 6.45) is -3.11. The number of carbonyl (C=O) groups is 1. The Balaban J connectivity index is 1.97. The van der Waals surface area contributed by atoms with Gasteiger partial charge in [0.05, 0.1) is 19.8 Å². The van der Waals surface area contributed by atoms with Crippen molar-refractivity contribution in [3.05, 3.63) is 48.6 Å². The highest BCUT2D eigenvalue weighted by molar-refractivity contribution is 5.69. The first-order valence-corrected chi connectivity index (χ1v) is 9.12. The van der Waals surface area contributed by atoms with Gasteiger partial charge < -0.3 is 29.2 Å². The molecule has 5 atom stereocenters. The summed E-state index contributed by atoms with van der Waals surface area (Å²) in [5, 5.41) is 20.9. The topological polar surface area (TPSA) is 94.5 Å². The molecule has 1 saturated heterocycles. The van der Waals surface area contributed by atoms with E-state index in [1.807, 2.05) is 37.3 Å². The molecule has 1 aliphatic heterocycles. The smallest absolute Gasteiger partial charge is 0.306 e. The van der Waals surface area contributed by atoms with Crippen molar-refractivity contribution in [2.75, 3.05) is 13.2 Å². The maximum Gasteiger partial charge on any atom is 0.306 e. The number of aliphatic hydroxyl groups is 2. The number of carbonyl (C=O) groups excluding carboxylic acids is 1. The van der Waals surface area contributed by atoms with Crippen LogP contribution in [-0.4, -0.2) is 60.1 Å². The lowest BCUT2D eigenvalue weighted by molar-refractivity contribution is -0.298. The highest BCUT2D eigenvalue weighted by atomic mass is 16.7. The first-order valence-electron chi connectivity index (χ1n) is 9.12. The Bertz CT molecular complexity index is 577. The highest BCUT2D eigenvalue weighted by Gasteiger charge is 2.47. The maximum atomic E-state index is 11.8. The van der Waals surface area contributed by atoms with E-state index < -0.39 is 36.7 Å². The van der Waals surface area contributed by atoms with Gasteiger partial charge in [-0.3, -0.25) is 4.79 Å². The molecule has 1 fully saturated rings. The van der Waals surface area contributed by atoms with Crippen LogP contribution in [0.5, 0.6) is 0 Å². The molecule has 0 unspecified atom stereocenters. The van der Waals surface area contributed by atoms with Gasteiger partial charge >= 0.3 is 5.97 Å². The Morgan fingerprint density at radius 2 is 2.00 bits per heavy atom. The number of rotatable bonds is 10. The van der Waals surface area contributed by atoms with E-state index in [4.69, 9.17) is 18.9 Å². The van der Waals surface area contributed by atoms with Crippen LogP contribution in [0.15, 0.2) is 43.0 Å². The zero-order valence-corrected chi connectivity index (χ0v) is 15.5. The van der Waals surface area contributed by atoms with Crippen molar-refractivity contribution in [2.45, 2.75) is 57.1 Å². The number of aliphatic hydroxyl groups excluding tert-OH is 2. The Morgan fingerprint density at radius 3 is 2.67 bits per heavy atom. The molecule has 2 N–H and O–H groups in total. The predicted molar refractivity (Wildman–Crippen MR) is 97.7 cm³/mol. The minimum absolute atomic E-state index is 0.0523. The SMILES string of the molecule is C=CCO[C@H]1[C@@H](O)[C@H](COCc2ccccc2)O[C@@H](O)[C@H]1OC(=O)CCC. The normalized spacial score (nSPS) is 27.9. The van der Waals surface area contributed by atoms with Crippen molar-refractivity contribution in [2.24, 2.45) is 0 Å². The van der Waals surface area contributed by atoms with Gasteiger partial charge in [-0.2, -0.15) is 0 Å². The van der Waals surface area contributed by atoms with E-state index in [9.17, 15) is 15.0 Å². The first-order chi connectivity index (χ1) is 13.1. The second kappa shape index (κ2) is 11.2. The van der Waals surface area contributed by atoms with Crippen LogP contribution < -0.4 is 0 Å². The molecule has 7 nitrogen and oxygen atoms in total. The van der Waals surface area contributed by atoms with Crippen molar-refractivity contribution in [1.29, 1.82) is 0 Å². The van der Waals surface area contributed by atoms with E-state index in [2.05, 4.69) is 6.58 Å². The van der Waals surface area contributed by atoms with E-state index in [1.165, 1.54) is 6.08 Å². The average Bonchev–Trinajstić information content (AvgIpc) is 2.66. The Morgan fingerprint density at radius 1 is 1.26 bits per heavy atom. The fourth-order valence-corrected chi connectivity index (χ4v) is 2.82. The van der Waals surface area contributed by atoms with Crippen LogP contribution in [-0.2, 0) is 30.3 Å². The molecule has 0 saturated carbocycles. The van der Waals surface area contributed by atoms with Crippen molar-refractivity contribution < 1.29 is 34.0 Å². The molecule has 27 heavy (non-hydrogen) atoms. The molecule has 0 amide bonds. The first kappa shape index (κ1) is 21.5. The molecule has 0 bridgehead atoms. The molecule has 150 valence electrons. The van der Waals surface area contributed by atoms with Gasteiger partial charge in [-0.05, 0) is 12.0 Å². The molecular weight excluding hydrogens is 352 g/mol. The van der Waals surface area contributed by atoms with Crippen molar-refractivity contribution in [3.63, 3.8) is 0 Å². The summed E-state index contributed by atoms with van der Waals surface area (Å²) in [6, 6.07) is 9.57. The van der Waals surface area contributed by atoms with E-state index in [0.29, 0.717) is 13.0 Å². The van der Waals surface area contributed by atoms with Crippen LogP contribution in [0, 0.1) is 0 Å². The lowest BCUT2D eigenvalue weighted by atomic mass is 9.98. The van der Waals surface area contributed by atoms with Gasteiger partial charge in [0.15, 0.2) is 12.4 Å². The molecular formula is C20H28O7. The molecule has 1 aliphatic rings. The highest BCUT2D eigenvalue weighted by Crippen LogP contribution is 2.26. The molecule has 0 aromatic heterocycles. The minimum atomic E-state index is -1.42. The lowest BCUT2D eigenvalue weighted by Crippen LogP contribution is -2.60. The van der Waals surface area contributed by atoms with Crippen molar-refractivity contribution in [1.82, 2.24) is 0 Å². The van der Waals surface area contributed by atoms with Gasteiger partial charge in [0.25, 0.3) is 0 Å². The largest absolute Gasteiger partial charge is 0.454 e. The van der Waals surface area contributed by atoms with Crippen molar-refractivity contribution in [3.8, 4) is 0 Å². The summed E-state index contributed by atoms with van der Waals surface area (Å²) >= 11 is 0. The quantitative estimate of drug-likeness (QED) is 0.470. The number of esters is 1. The van der Waals surface area contributed by atoms with Gasteiger partial charge in [0, 0.05) is 6.42 Å². The third-order valence-electron chi connectivity index (χ3n) is 4.16. The maximum absolute atomic E-state index is 11.8. The summed E-state index contributed by atoms with van der Waals surface area (Å²) in [7, 11) is 0. The van der Waals surface area contributed by atoms with Gasteiger partial charge in [-0.1, -0.05) is 43.3 Å². The summed E-state index contributed by atoms with van der Waals surface area (Å²) in [4.78, 5) is 11.8. The number of hydrogen-bond donors (Lipinski definition) is 2. The fraction of sp³-hybridized carbons (Fsp3) is 0.550. The third-order valence-corrected chi connectivity index (χ3v) is 4.16. The van der Waals surface area contributed by atoms with E-state index in [0.717, 1.165) is 5.56 Å². The van der Waals surface area contributed by atoms with Crippen molar-refractivity contribution >= 4 is 5.97 Å². The van der Waals surface area contributed by atoms with Crippen LogP contribution in [0.3, 0.4) is 0 Å². The van der Waals surface area contributed by atoms with Gasteiger partial charge in [-0.15, -0.1) is 6.58 Å². The second-order valence-electron chi connectivity index (χ2n) is 6.35. The molecule has 0 spiro atoms. The Kier molecular flexibility index (Phi) is 8.90. The summed E-state index contributed by atoms with van der Waals surface area (Å²) in [5.74, 6) is -0.483. The van der Waals surface area contributed by atoms with Crippen LogP contribution in [0.25, 0.3) is 0 Å². The van der Waals surface area contributed by atoms with E-state index in [-0.39, 0.29) is 19.6 Å². The molecule has 1 aromatic rings. The second-order valence-corrected chi connectivity index (χ2v) is 6.35. The zero-order valence-electron chi connectivity index (χ0n) is 15.5. The number of ether oxygens (including phenoxy) is 4. The number of benzene rings is 1. The third kappa shape index (κ3) is 6.41. The fourth-order valence-electron chi connectivity index (χ4n) is 2.82. The summed E-state index contributed by atoms with van der Waals surface area (Å²) < 4.78 is 21.9. The lowest BCUT2D eigenvalue weighted by Gasteiger charge is -2.41. The van der Waals surface area contributed by atoms with Crippen LogP contribution in [0.2, 0.25) is 0 Å². The van der Waals surface area contributed by atoms with Crippen LogP contribution in [0.1, 0.15) is 25.3 Å². The zero-order chi connectivity index (χ0) is 19.6. The summed E-state index contributed by atoms with van der Waals surface area (Å²) in [5.41, 5.74) is 0.981. The Hall–Kier alpha value is -1.77. The molecule has 2 rings (SSSR count). The average molecular weight is 380 g/mol. The van der Waals surface area contributed by atoms with Gasteiger partial charge in [0.1, 0.15) is 18.3 Å². The number of hydrogen-bond acceptors (Lipinski definition) is 7. The molecule has 7 heteroatoms. The van der Waals surface area contributed by atoms with Crippen LogP contribution in [0.4, 0.5) is 0 Å². The monoisotopic (exact) mass is 380 g/mol. The van der Waals surface area contributed by atoms with E-state index >= 15 is 0 Å². The molecule has 1 heterocycles. The van der Waals surface area contributed by atoms with Gasteiger partial charge in [-0.25, -0.2) is 0 Å². The molecule has 1 aromatic carbocycles. The molecule has 0 radical (unpaired) electrons. The predicted octanol–water partition coefficient (Wildman–Crippen LogP) is 1.56. The Labute approximate surface area is 159 Å².